The number of carbonyl (C=O) groups excluding carboxylic acids is 1. The van der Waals surface area contributed by atoms with Crippen molar-refractivity contribution in [3.8, 4) is 11.6 Å². The number of aromatic nitrogens is 3. The molecule has 2 aromatic heterocycles. The van der Waals surface area contributed by atoms with Gasteiger partial charge in [-0.05, 0) is 37.3 Å². The first kappa shape index (κ1) is 22.3. The molecule has 1 aromatic carbocycles. The highest BCUT2D eigenvalue weighted by molar-refractivity contribution is 7.84. The summed E-state index contributed by atoms with van der Waals surface area (Å²) in [4.78, 5) is 25.9. The summed E-state index contributed by atoms with van der Waals surface area (Å²) in [7, 11) is 0.526. The van der Waals surface area contributed by atoms with Crippen LogP contribution in [0.1, 0.15) is 17.3 Å². The molecule has 0 spiro atoms. The number of hydrogen-bond acceptors (Lipinski definition) is 8. The molecule has 0 bridgehead atoms. The molecule has 2 unspecified atom stereocenters. The average Bonchev–Trinajstić information content (AvgIpc) is 2.75. The van der Waals surface area contributed by atoms with Crippen LogP contribution >= 0.6 is 0 Å². The molecule has 162 valence electrons. The molecule has 0 fully saturated rings. The Morgan fingerprint density at radius 1 is 1.16 bits per heavy atom. The average molecular weight is 442 g/mol. The molecule has 2 atom stereocenters. The van der Waals surface area contributed by atoms with Crippen LogP contribution in [0, 0.1) is 0 Å². The summed E-state index contributed by atoms with van der Waals surface area (Å²) in [6.07, 6.45) is 6.07. The van der Waals surface area contributed by atoms with Crippen molar-refractivity contribution in [3.63, 3.8) is 0 Å². The number of methoxy groups -OCH3 is 1. The summed E-state index contributed by atoms with van der Waals surface area (Å²) >= 11 is 0. The fourth-order valence-electron chi connectivity index (χ4n) is 2.68. The molecule has 10 heteroatoms. The molecule has 0 aliphatic heterocycles. The predicted octanol–water partition coefficient (Wildman–Crippen LogP) is 3.10. The van der Waals surface area contributed by atoms with Gasteiger partial charge in [0.25, 0.3) is 5.91 Å². The first-order valence-corrected chi connectivity index (χ1v) is 11.0. The molecule has 31 heavy (non-hydrogen) atoms. The Morgan fingerprint density at radius 3 is 2.58 bits per heavy atom. The van der Waals surface area contributed by atoms with E-state index in [4.69, 9.17) is 9.47 Å². The first-order chi connectivity index (χ1) is 14.9. The van der Waals surface area contributed by atoms with Gasteiger partial charge in [-0.15, -0.1) is 0 Å². The van der Waals surface area contributed by atoms with Gasteiger partial charge in [0.15, 0.2) is 5.82 Å². The molecule has 2 heterocycles. The molecular weight excluding hydrogens is 418 g/mol. The van der Waals surface area contributed by atoms with Crippen molar-refractivity contribution < 1.29 is 18.5 Å². The van der Waals surface area contributed by atoms with E-state index in [0.29, 0.717) is 34.5 Å². The standard InChI is InChI=1S/C21H23N5O4S/c1-14(13-29-2)24-18-10-15(21(27)26-19-12-22-8-9-23-19)11-20(25-18)30-16-4-6-17(7-5-16)31(3)28/h4-12,14H,13H2,1-3H3,(H,24,25)(H,23,26,27). The lowest BCUT2D eigenvalue weighted by atomic mass is 10.2. The van der Waals surface area contributed by atoms with Crippen LogP contribution in [0.15, 0.2) is 59.9 Å². The van der Waals surface area contributed by atoms with E-state index in [1.54, 1.807) is 43.7 Å². The molecule has 0 saturated carbocycles. The Balaban J connectivity index is 1.86. The SMILES string of the molecule is COCC(C)Nc1cc(C(=O)Nc2cnccn2)cc(Oc2ccc(S(C)=O)cc2)n1. The third-order valence-electron chi connectivity index (χ3n) is 4.06. The molecule has 2 N–H and O–H groups in total. The van der Waals surface area contributed by atoms with Crippen LogP contribution < -0.4 is 15.4 Å². The lowest BCUT2D eigenvalue weighted by Crippen LogP contribution is -2.22. The lowest BCUT2D eigenvalue weighted by molar-refractivity contribution is 0.102. The molecule has 3 rings (SSSR count). The van der Waals surface area contributed by atoms with E-state index in [1.165, 1.54) is 24.7 Å². The summed E-state index contributed by atoms with van der Waals surface area (Å²) < 4.78 is 22.6. The quantitative estimate of drug-likeness (QED) is 0.520. The second kappa shape index (κ2) is 10.6. The van der Waals surface area contributed by atoms with Crippen molar-refractivity contribution in [1.29, 1.82) is 0 Å². The van der Waals surface area contributed by atoms with Gasteiger partial charge in [0.1, 0.15) is 11.6 Å². The molecule has 3 aromatic rings. The van der Waals surface area contributed by atoms with Gasteiger partial charge in [-0.3, -0.25) is 14.0 Å². The van der Waals surface area contributed by atoms with E-state index in [9.17, 15) is 9.00 Å². The zero-order valence-corrected chi connectivity index (χ0v) is 18.2. The van der Waals surface area contributed by atoms with Gasteiger partial charge in [0.2, 0.25) is 5.88 Å². The summed E-state index contributed by atoms with van der Waals surface area (Å²) in [5, 5.41) is 5.88. The predicted molar refractivity (Wildman–Crippen MR) is 118 cm³/mol. The molecule has 1 amide bonds. The minimum atomic E-state index is -1.08. The van der Waals surface area contributed by atoms with Crippen molar-refractivity contribution in [2.75, 3.05) is 30.6 Å². The van der Waals surface area contributed by atoms with Gasteiger partial charge in [0, 0.05) is 59.1 Å². The number of amides is 1. The van der Waals surface area contributed by atoms with Crippen molar-refractivity contribution in [3.05, 3.63) is 60.6 Å². The fourth-order valence-corrected chi connectivity index (χ4v) is 3.20. The number of carbonyl (C=O) groups is 1. The number of ether oxygens (including phenoxy) is 2. The zero-order valence-electron chi connectivity index (χ0n) is 17.4. The number of anilines is 2. The zero-order chi connectivity index (χ0) is 22.2. The van der Waals surface area contributed by atoms with E-state index >= 15 is 0 Å². The Bertz CT molecular complexity index is 1050. The highest BCUT2D eigenvalue weighted by atomic mass is 32.2. The van der Waals surface area contributed by atoms with E-state index in [-0.39, 0.29) is 17.8 Å². The maximum absolute atomic E-state index is 12.8. The Hall–Kier alpha value is -3.37. The van der Waals surface area contributed by atoms with E-state index < -0.39 is 10.8 Å². The summed E-state index contributed by atoms with van der Waals surface area (Å²) in [5.41, 5.74) is 0.328. The van der Waals surface area contributed by atoms with Crippen LogP contribution in [-0.4, -0.2) is 51.1 Å². The maximum atomic E-state index is 12.8. The topological polar surface area (TPSA) is 115 Å². The Kier molecular flexibility index (Phi) is 7.63. The van der Waals surface area contributed by atoms with Gasteiger partial charge in [-0.2, -0.15) is 4.98 Å². The van der Waals surface area contributed by atoms with Gasteiger partial charge >= 0.3 is 0 Å². The lowest BCUT2D eigenvalue weighted by Gasteiger charge is -2.16. The van der Waals surface area contributed by atoms with Crippen molar-refractivity contribution >= 4 is 28.3 Å². The monoisotopic (exact) mass is 441 g/mol. The third-order valence-corrected chi connectivity index (χ3v) is 4.99. The summed E-state index contributed by atoms with van der Waals surface area (Å²) in [6.45, 7) is 2.39. The number of nitrogens with one attached hydrogen (secondary N) is 2. The molecule has 9 nitrogen and oxygen atoms in total. The van der Waals surface area contributed by atoms with Gasteiger partial charge in [-0.1, -0.05) is 0 Å². The first-order valence-electron chi connectivity index (χ1n) is 9.41. The number of benzene rings is 1. The van der Waals surface area contributed by atoms with Crippen LogP contribution in [0.2, 0.25) is 0 Å². The van der Waals surface area contributed by atoms with Crippen molar-refractivity contribution in [2.45, 2.75) is 17.9 Å². The smallest absolute Gasteiger partial charge is 0.257 e. The van der Waals surface area contributed by atoms with Gasteiger partial charge in [0.05, 0.1) is 12.8 Å². The van der Waals surface area contributed by atoms with Crippen LogP contribution in [0.5, 0.6) is 11.6 Å². The maximum Gasteiger partial charge on any atom is 0.257 e. The minimum absolute atomic E-state index is 0.0394. The van der Waals surface area contributed by atoms with E-state index in [2.05, 4.69) is 25.6 Å². The number of nitrogens with zero attached hydrogens (tertiary/aromatic N) is 3. The fraction of sp³-hybridized carbons (Fsp3) is 0.238. The van der Waals surface area contributed by atoms with Crippen molar-refractivity contribution in [1.82, 2.24) is 15.0 Å². The molecule has 0 aliphatic rings. The number of rotatable bonds is 9. The summed E-state index contributed by atoms with van der Waals surface area (Å²) in [6, 6.07) is 9.95. The normalized spacial score (nSPS) is 12.6. The minimum Gasteiger partial charge on any atom is -0.439 e. The van der Waals surface area contributed by atoms with Crippen LogP contribution in [0.25, 0.3) is 0 Å². The Labute approximate surface area is 182 Å². The Morgan fingerprint density at radius 2 is 1.94 bits per heavy atom. The van der Waals surface area contributed by atoms with Crippen molar-refractivity contribution in [2.24, 2.45) is 0 Å². The highest BCUT2D eigenvalue weighted by Crippen LogP contribution is 2.24. The summed E-state index contributed by atoms with van der Waals surface area (Å²) in [5.74, 6) is 1.13. The van der Waals surface area contributed by atoms with Gasteiger partial charge in [-0.25, -0.2) is 4.98 Å². The molecule has 0 radical (unpaired) electrons. The third kappa shape index (κ3) is 6.56. The largest absolute Gasteiger partial charge is 0.439 e. The molecule has 0 saturated heterocycles. The van der Waals surface area contributed by atoms with Crippen LogP contribution in [0.4, 0.5) is 11.6 Å². The molecular formula is C21H23N5O4S. The highest BCUT2D eigenvalue weighted by Gasteiger charge is 2.14. The number of pyridine rings is 1. The van der Waals surface area contributed by atoms with E-state index in [1.807, 2.05) is 6.92 Å². The van der Waals surface area contributed by atoms with Crippen LogP contribution in [0.3, 0.4) is 0 Å². The van der Waals surface area contributed by atoms with E-state index in [0.717, 1.165) is 0 Å². The second-order valence-electron chi connectivity index (χ2n) is 6.65. The van der Waals surface area contributed by atoms with Crippen LogP contribution in [-0.2, 0) is 15.5 Å². The van der Waals surface area contributed by atoms with Gasteiger partial charge < -0.3 is 20.1 Å². The second-order valence-corrected chi connectivity index (χ2v) is 8.03. The number of hydrogen-bond donors (Lipinski definition) is 2. The molecule has 0 aliphatic carbocycles.